The van der Waals surface area contributed by atoms with E-state index in [9.17, 15) is 9.59 Å². The molecule has 0 atom stereocenters. The molecule has 1 N–H and O–H groups in total. The third-order valence-corrected chi connectivity index (χ3v) is 6.65. The second-order valence-electron chi connectivity index (χ2n) is 8.68. The maximum absolute atomic E-state index is 13.7. The Morgan fingerprint density at radius 2 is 1.71 bits per heavy atom. The second-order valence-corrected chi connectivity index (χ2v) is 8.68. The Bertz CT molecular complexity index is 1440. The van der Waals surface area contributed by atoms with Crippen LogP contribution in [0, 0.1) is 13.8 Å². The van der Waals surface area contributed by atoms with Crippen molar-refractivity contribution in [2.45, 2.75) is 20.3 Å². The minimum absolute atomic E-state index is 0.117. The highest BCUT2D eigenvalue weighted by molar-refractivity contribution is 6.09. The van der Waals surface area contributed by atoms with Crippen molar-refractivity contribution in [2.75, 3.05) is 23.9 Å². The summed E-state index contributed by atoms with van der Waals surface area (Å²) in [7, 11) is 1.53. The number of aryl methyl sites for hydroxylation is 1. The van der Waals surface area contributed by atoms with Gasteiger partial charge in [0, 0.05) is 36.0 Å². The number of carbonyl (C=O) groups excluding carboxylic acids is 2. The molecule has 0 aliphatic carbocycles. The van der Waals surface area contributed by atoms with Crippen LogP contribution < -0.4 is 15.0 Å². The number of amides is 2. The fourth-order valence-corrected chi connectivity index (χ4v) is 4.58. The van der Waals surface area contributed by atoms with E-state index in [1.165, 1.54) is 7.11 Å². The summed E-state index contributed by atoms with van der Waals surface area (Å²) in [5, 5.41) is 2.93. The average Bonchev–Trinajstić information content (AvgIpc) is 3.28. The van der Waals surface area contributed by atoms with Crippen LogP contribution in [0.4, 0.5) is 11.4 Å². The summed E-state index contributed by atoms with van der Waals surface area (Å²) in [5.41, 5.74) is 6.60. The first kappa shape index (κ1) is 22.5. The fourth-order valence-electron chi connectivity index (χ4n) is 4.58. The highest BCUT2D eigenvalue weighted by Gasteiger charge is 2.25. The van der Waals surface area contributed by atoms with Crippen LogP contribution in [0.3, 0.4) is 0 Å². The fraction of sp³-hybridized carbons (Fsp3) is 0.172. The highest BCUT2D eigenvalue weighted by Crippen LogP contribution is 2.32. The molecule has 0 radical (unpaired) electrons. The molecule has 2 amide bonds. The van der Waals surface area contributed by atoms with Crippen molar-refractivity contribution in [1.29, 1.82) is 0 Å². The molecular formula is C29H27N3O3. The van der Waals surface area contributed by atoms with Crippen LogP contribution in [0.5, 0.6) is 5.75 Å². The zero-order valence-corrected chi connectivity index (χ0v) is 20.0. The monoisotopic (exact) mass is 465 g/mol. The number of anilines is 2. The lowest BCUT2D eigenvalue weighted by molar-refractivity contribution is 0.0986. The van der Waals surface area contributed by atoms with Gasteiger partial charge in [-0.25, -0.2) is 0 Å². The summed E-state index contributed by atoms with van der Waals surface area (Å²) in [6, 6.07) is 22.8. The Kier molecular flexibility index (Phi) is 5.87. The molecule has 1 aromatic heterocycles. The van der Waals surface area contributed by atoms with Gasteiger partial charge in [-0.1, -0.05) is 24.3 Å². The van der Waals surface area contributed by atoms with E-state index in [2.05, 4.69) is 16.0 Å². The molecule has 2 heterocycles. The van der Waals surface area contributed by atoms with Crippen molar-refractivity contribution in [1.82, 2.24) is 4.57 Å². The van der Waals surface area contributed by atoms with Gasteiger partial charge in [0.05, 0.1) is 24.2 Å². The summed E-state index contributed by atoms with van der Waals surface area (Å²) >= 11 is 0. The van der Waals surface area contributed by atoms with Crippen LogP contribution in [0.25, 0.3) is 5.69 Å². The topological polar surface area (TPSA) is 63.6 Å². The first-order chi connectivity index (χ1) is 17.0. The van der Waals surface area contributed by atoms with E-state index in [-0.39, 0.29) is 11.8 Å². The number of carbonyl (C=O) groups is 2. The van der Waals surface area contributed by atoms with Crippen molar-refractivity contribution < 1.29 is 14.3 Å². The van der Waals surface area contributed by atoms with Crippen LogP contribution in [0.15, 0.2) is 79.0 Å². The van der Waals surface area contributed by atoms with E-state index >= 15 is 0 Å². The van der Waals surface area contributed by atoms with Gasteiger partial charge in [-0.15, -0.1) is 0 Å². The van der Waals surface area contributed by atoms with Crippen molar-refractivity contribution in [3.63, 3.8) is 0 Å². The SMILES string of the molecule is COc1cc(C(=O)N2CCc3cccn3-c3ccccc32)ccc1NC(=O)c1cccc(C)c1C. The number of aromatic nitrogens is 1. The van der Waals surface area contributed by atoms with Crippen LogP contribution in [0.2, 0.25) is 0 Å². The van der Waals surface area contributed by atoms with E-state index in [1.54, 1.807) is 24.3 Å². The van der Waals surface area contributed by atoms with E-state index in [1.807, 2.05) is 67.4 Å². The lowest BCUT2D eigenvalue weighted by Crippen LogP contribution is -2.32. The Morgan fingerprint density at radius 3 is 2.51 bits per heavy atom. The lowest BCUT2D eigenvalue weighted by Gasteiger charge is -2.23. The summed E-state index contributed by atoms with van der Waals surface area (Å²) in [6.45, 7) is 4.47. The summed E-state index contributed by atoms with van der Waals surface area (Å²) in [6.07, 6.45) is 2.77. The molecular weight excluding hydrogens is 438 g/mol. The van der Waals surface area contributed by atoms with Crippen LogP contribution >= 0.6 is 0 Å². The Hall–Kier alpha value is -4.32. The van der Waals surface area contributed by atoms with Gasteiger partial charge in [-0.05, 0) is 73.5 Å². The number of nitrogens with zero attached hydrogens (tertiary/aromatic N) is 2. The molecule has 0 spiro atoms. The number of rotatable bonds is 4. The number of para-hydroxylation sites is 2. The van der Waals surface area contributed by atoms with Crippen LogP contribution in [-0.4, -0.2) is 30.0 Å². The number of hydrogen-bond acceptors (Lipinski definition) is 3. The normalized spacial score (nSPS) is 12.4. The number of hydrogen-bond donors (Lipinski definition) is 1. The molecule has 0 unspecified atom stereocenters. The molecule has 176 valence electrons. The van der Waals surface area contributed by atoms with Gasteiger partial charge >= 0.3 is 0 Å². The second kappa shape index (κ2) is 9.14. The molecule has 3 aromatic carbocycles. The molecule has 0 saturated heterocycles. The molecule has 0 fully saturated rings. The number of nitrogens with one attached hydrogen (secondary N) is 1. The third kappa shape index (κ3) is 4.08. The number of fused-ring (bicyclic) bond motifs is 3. The van der Waals surface area contributed by atoms with E-state index in [0.29, 0.717) is 29.1 Å². The molecule has 0 saturated carbocycles. The van der Waals surface area contributed by atoms with Crippen LogP contribution in [-0.2, 0) is 6.42 Å². The van der Waals surface area contributed by atoms with Gasteiger partial charge in [-0.2, -0.15) is 0 Å². The smallest absolute Gasteiger partial charge is 0.258 e. The highest BCUT2D eigenvalue weighted by atomic mass is 16.5. The van der Waals surface area contributed by atoms with Gasteiger partial charge in [0.25, 0.3) is 11.8 Å². The summed E-state index contributed by atoms with van der Waals surface area (Å²) in [5.74, 6) is 0.102. The van der Waals surface area contributed by atoms with Crippen molar-refractivity contribution in [2.24, 2.45) is 0 Å². The third-order valence-electron chi connectivity index (χ3n) is 6.65. The Balaban J connectivity index is 1.44. The Labute approximate surface area is 204 Å². The quantitative estimate of drug-likeness (QED) is 0.429. The predicted octanol–water partition coefficient (Wildman–Crippen LogP) is 5.56. The van der Waals surface area contributed by atoms with E-state index < -0.39 is 0 Å². The standard InChI is InChI=1S/C29H27N3O3/c1-19-8-6-10-23(20(19)2)28(33)30-24-14-13-21(18-27(24)35-3)29(34)32-17-15-22-9-7-16-31(22)25-11-4-5-12-26(25)32/h4-14,16,18H,15,17H2,1-3H3,(H,30,33). The molecule has 1 aliphatic rings. The first-order valence-electron chi connectivity index (χ1n) is 11.6. The van der Waals surface area contributed by atoms with Crippen molar-refractivity contribution in [3.05, 3.63) is 107 Å². The maximum Gasteiger partial charge on any atom is 0.258 e. The molecule has 5 rings (SSSR count). The van der Waals surface area contributed by atoms with Gasteiger partial charge in [-0.3, -0.25) is 9.59 Å². The predicted molar refractivity (Wildman–Crippen MR) is 138 cm³/mol. The molecule has 6 heteroatoms. The molecule has 0 bridgehead atoms. The first-order valence-corrected chi connectivity index (χ1v) is 11.6. The number of benzene rings is 3. The largest absolute Gasteiger partial charge is 0.495 e. The number of ether oxygens (including phenoxy) is 1. The minimum Gasteiger partial charge on any atom is -0.495 e. The Morgan fingerprint density at radius 1 is 0.914 bits per heavy atom. The molecule has 35 heavy (non-hydrogen) atoms. The van der Waals surface area contributed by atoms with Gasteiger partial charge in [0.1, 0.15) is 5.75 Å². The van der Waals surface area contributed by atoms with Gasteiger partial charge in [0.2, 0.25) is 0 Å². The summed E-state index contributed by atoms with van der Waals surface area (Å²) in [4.78, 5) is 28.4. The average molecular weight is 466 g/mol. The van der Waals surface area contributed by atoms with E-state index in [0.717, 1.165) is 34.6 Å². The van der Waals surface area contributed by atoms with Crippen LogP contribution in [0.1, 0.15) is 37.5 Å². The molecule has 4 aromatic rings. The maximum atomic E-state index is 13.7. The zero-order chi connectivity index (χ0) is 24.5. The summed E-state index contributed by atoms with van der Waals surface area (Å²) < 4.78 is 7.69. The van der Waals surface area contributed by atoms with Crippen molar-refractivity contribution in [3.8, 4) is 11.4 Å². The number of methoxy groups -OCH3 is 1. The van der Waals surface area contributed by atoms with Gasteiger partial charge < -0.3 is 19.5 Å². The van der Waals surface area contributed by atoms with Crippen molar-refractivity contribution >= 4 is 23.2 Å². The van der Waals surface area contributed by atoms with E-state index in [4.69, 9.17) is 4.74 Å². The minimum atomic E-state index is -0.216. The molecule has 1 aliphatic heterocycles. The molecule has 6 nitrogen and oxygen atoms in total. The zero-order valence-electron chi connectivity index (χ0n) is 20.0. The van der Waals surface area contributed by atoms with Gasteiger partial charge in [0.15, 0.2) is 0 Å². The lowest BCUT2D eigenvalue weighted by atomic mass is 10.0.